The van der Waals surface area contributed by atoms with Gasteiger partial charge in [0.15, 0.2) is 0 Å². The van der Waals surface area contributed by atoms with Crippen LogP contribution in [0.4, 0.5) is 5.69 Å². The molecular formula is C25H28N4O4S. The number of hydrogen-bond acceptors (Lipinski definition) is 4. The molecule has 0 bridgehead atoms. The van der Waals surface area contributed by atoms with Crippen molar-refractivity contribution in [3.63, 3.8) is 0 Å². The van der Waals surface area contributed by atoms with Crippen molar-refractivity contribution in [2.45, 2.75) is 24.8 Å². The van der Waals surface area contributed by atoms with E-state index in [1.165, 1.54) is 22.5 Å². The number of aromatic amines is 1. The minimum absolute atomic E-state index is 0.0581. The van der Waals surface area contributed by atoms with Gasteiger partial charge in [-0.05, 0) is 54.3 Å². The second-order valence-corrected chi connectivity index (χ2v) is 10.7. The molecule has 1 aliphatic heterocycles. The second kappa shape index (κ2) is 9.44. The SMILES string of the molecule is C=CC(=O)NC1C(C)CN(S(=O)(=O)c2ccc(NC(=O)c3cc4ccccc4[nH]3)cc2)CC1C. The van der Waals surface area contributed by atoms with Gasteiger partial charge in [-0.1, -0.05) is 38.6 Å². The molecule has 1 aromatic heterocycles. The summed E-state index contributed by atoms with van der Waals surface area (Å²) in [6.45, 7) is 7.93. The minimum atomic E-state index is -3.72. The van der Waals surface area contributed by atoms with Gasteiger partial charge in [0.05, 0.1) is 4.90 Å². The maximum absolute atomic E-state index is 13.2. The number of carbonyl (C=O) groups excluding carboxylic acids is 2. The fourth-order valence-electron chi connectivity index (χ4n) is 4.46. The number of carbonyl (C=O) groups is 2. The fraction of sp³-hybridized carbons (Fsp3) is 0.280. The summed E-state index contributed by atoms with van der Waals surface area (Å²) in [4.78, 5) is 27.6. The van der Waals surface area contributed by atoms with Crippen LogP contribution in [0.2, 0.25) is 0 Å². The van der Waals surface area contributed by atoms with Crippen LogP contribution in [0, 0.1) is 11.8 Å². The largest absolute Gasteiger partial charge is 0.351 e. The zero-order valence-corrected chi connectivity index (χ0v) is 19.9. The van der Waals surface area contributed by atoms with Gasteiger partial charge in [-0.2, -0.15) is 4.31 Å². The Morgan fingerprint density at radius 1 is 1.06 bits per heavy atom. The first-order valence-electron chi connectivity index (χ1n) is 11.1. The molecule has 2 atom stereocenters. The van der Waals surface area contributed by atoms with Crippen molar-refractivity contribution < 1.29 is 18.0 Å². The third-order valence-electron chi connectivity index (χ3n) is 6.23. The van der Waals surface area contributed by atoms with E-state index in [0.717, 1.165) is 10.9 Å². The van der Waals surface area contributed by atoms with Crippen LogP contribution in [0.1, 0.15) is 24.3 Å². The van der Waals surface area contributed by atoms with Gasteiger partial charge in [0.1, 0.15) is 5.69 Å². The van der Waals surface area contributed by atoms with Crippen LogP contribution in [-0.4, -0.2) is 48.7 Å². The Balaban J connectivity index is 1.45. The average molecular weight is 481 g/mol. The van der Waals surface area contributed by atoms with Gasteiger partial charge in [0.2, 0.25) is 15.9 Å². The van der Waals surface area contributed by atoms with Gasteiger partial charge in [-0.15, -0.1) is 0 Å². The Labute approximate surface area is 199 Å². The van der Waals surface area contributed by atoms with Gasteiger partial charge in [0.25, 0.3) is 5.91 Å². The molecule has 2 aromatic carbocycles. The Bertz CT molecular complexity index is 1290. The number of rotatable bonds is 6. The summed E-state index contributed by atoms with van der Waals surface area (Å²) in [6, 6.07) is 15.4. The lowest BCUT2D eigenvalue weighted by molar-refractivity contribution is -0.118. The summed E-state index contributed by atoms with van der Waals surface area (Å²) < 4.78 is 28.0. The van der Waals surface area contributed by atoms with Crippen molar-refractivity contribution in [1.82, 2.24) is 14.6 Å². The molecule has 8 nitrogen and oxygen atoms in total. The smallest absolute Gasteiger partial charge is 0.272 e. The normalized spacial score (nSPS) is 21.2. The van der Waals surface area contributed by atoms with Crippen molar-refractivity contribution in [1.29, 1.82) is 0 Å². The number of hydrogen-bond donors (Lipinski definition) is 3. The lowest BCUT2D eigenvalue weighted by Crippen LogP contribution is -2.55. The molecule has 3 aromatic rings. The Hall–Kier alpha value is -3.43. The van der Waals surface area contributed by atoms with Crippen LogP contribution >= 0.6 is 0 Å². The fourth-order valence-corrected chi connectivity index (χ4v) is 6.10. The van der Waals surface area contributed by atoms with Crippen molar-refractivity contribution in [3.05, 3.63) is 72.9 Å². The monoisotopic (exact) mass is 480 g/mol. The van der Waals surface area contributed by atoms with Gasteiger partial charge >= 0.3 is 0 Å². The van der Waals surface area contributed by atoms with Crippen LogP contribution < -0.4 is 10.6 Å². The third kappa shape index (κ3) is 4.76. The molecule has 0 spiro atoms. The number of fused-ring (bicyclic) bond motifs is 1. The highest BCUT2D eigenvalue weighted by molar-refractivity contribution is 7.89. The molecular weight excluding hydrogens is 452 g/mol. The average Bonchev–Trinajstić information content (AvgIpc) is 3.26. The van der Waals surface area contributed by atoms with E-state index in [0.29, 0.717) is 24.5 Å². The molecule has 1 aliphatic rings. The summed E-state index contributed by atoms with van der Waals surface area (Å²) in [6.07, 6.45) is 1.22. The highest BCUT2D eigenvalue weighted by Gasteiger charge is 2.38. The first-order valence-corrected chi connectivity index (χ1v) is 12.6. The number of sulfonamides is 1. The predicted octanol–water partition coefficient (Wildman–Crippen LogP) is 3.37. The van der Waals surface area contributed by atoms with E-state index in [-0.39, 0.29) is 34.6 Å². The van der Waals surface area contributed by atoms with Crippen LogP contribution in [0.15, 0.2) is 72.1 Å². The standard InChI is InChI=1S/C25H28N4O4S/c1-4-23(30)28-24-16(2)14-29(15-17(24)3)34(32,33)20-11-9-19(10-12-20)26-25(31)22-13-18-7-5-6-8-21(18)27-22/h4-13,16-17,24,27H,1,14-15H2,2-3H3,(H,26,31)(H,28,30). The number of aromatic nitrogens is 1. The number of amides is 2. The topological polar surface area (TPSA) is 111 Å². The lowest BCUT2D eigenvalue weighted by Gasteiger charge is -2.40. The third-order valence-corrected chi connectivity index (χ3v) is 8.07. The van der Waals surface area contributed by atoms with Gasteiger partial charge in [-0.3, -0.25) is 9.59 Å². The molecule has 0 saturated carbocycles. The van der Waals surface area contributed by atoms with Crippen LogP contribution in [0.3, 0.4) is 0 Å². The maximum Gasteiger partial charge on any atom is 0.272 e. The molecule has 0 aliphatic carbocycles. The first-order chi connectivity index (χ1) is 16.2. The number of para-hydroxylation sites is 1. The number of benzene rings is 2. The minimum Gasteiger partial charge on any atom is -0.351 e. The van der Waals surface area contributed by atoms with Crippen LogP contribution in [-0.2, 0) is 14.8 Å². The van der Waals surface area contributed by atoms with Crippen molar-refractivity contribution >= 4 is 38.4 Å². The number of piperidine rings is 1. The molecule has 4 rings (SSSR count). The quantitative estimate of drug-likeness (QED) is 0.470. The zero-order valence-electron chi connectivity index (χ0n) is 19.1. The van der Waals surface area contributed by atoms with Gasteiger partial charge in [0, 0.05) is 35.7 Å². The van der Waals surface area contributed by atoms with E-state index in [1.54, 1.807) is 18.2 Å². The molecule has 3 N–H and O–H groups in total. The van der Waals surface area contributed by atoms with Crippen LogP contribution in [0.5, 0.6) is 0 Å². The number of nitrogens with one attached hydrogen (secondary N) is 3. The molecule has 34 heavy (non-hydrogen) atoms. The summed E-state index contributed by atoms with van der Waals surface area (Å²) in [5.41, 5.74) is 1.79. The van der Waals surface area contributed by atoms with E-state index >= 15 is 0 Å². The molecule has 1 saturated heterocycles. The van der Waals surface area contributed by atoms with Crippen molar-refractivity contribution in [3.8, 4) is 0 Å². The predicted molar refractivity (Wildman–Crippen MR) is 132 cm³/mol. The number of anilines is 1. The van der Waals surface area contributed by atoms with Crippen molar-refractivity contribution in [2.24, 2.45) is 11.8 Å². The maximum atomic E-state index is 13.2. The summed E-state index contributed by atoms with van der Waals surface area (Å²) >= 11 is 0. The Kier molecular flexibility index (Phi) is 6.58. The molecule has 9 heteroatoms. The molecule has 178 valence electrons. The summed E-state index contributed by atoms with van der Waals surface area (Å²) in [5.74, 6) is -0.683. The van der Waals surface area contributed by atoms with Crippen molar-refractivity contribution in [2.75, 3.05) is 18.4 Å². The number of nitrogens with zero attached hydrogens (tertiary/aromatic N) is 1. The van der Waals surface area contributed by atoms with Gasteiger partial charge < -0.3 is 15.6 Å². The van der Waals surface area contributed by atoms with E-state index in [9.17, 15) is 18.0 Å². The lowest BCUT2D eigenvalue weighted by atomic mass is 9.87. The van der Waals surface area contributed by atoms with E-state index in [4.69, 9.17) is 0 Å². The summed E-state index contributed by atoms with van der Waals surface area (Å²) in [5, 5.41) is 6.64. The molecule has 0 radical (unpaired) electrons. The number of H-pyrrole nitrogens is 1. The van der Waals surface area contributed by atoms with Crippen LogP contribution in [0.25, 0.3) is 10.9 Å². The zero-order chi connectivity index (χ0) is 24.5. The Morgan fingerprint density at radius 2 is 1.71 bits per heavy atom. The summed E-state index contributed by atoms with van der Waals surface area (Å²) in [7, 11) is -3.72. The molecule has 2 amide bonds. The molecule has 2 unspecified atom stereocenters. The van der Waals surface area contributed by atoms with E-state index in [2.05, 4.69) is 22.2 Å². The second-order valence-electron chi connectivity index (χ2n) is 8.76. The molecule has 1 fully saturated rings. The highest BCUT2D eigenvalue weighted by Crippen LogP contribution is 2.28. The first kappa shape index (κ1) is 23.7. The highest BCUT2D eigenvalue weighted by atomic mass is 32.2. The Morgan fingerprint density at radius 3 is 2.32 bits per heavy atom. The van der Waals surface area contributed by atoms with E-state index < -0.39 is 10.0 Å². The molecule has 2 heterocycles. The van der Waals surface area contributed by atoms with Gasteiger partial charge in [-0.25, -0.2) is 8.42 Å². The van der Waals surface area contributed by atoms with E-state index in [1.807, 2.05) is 38.1 Å².